The Kier molecular flexibility index (Phi) is 5.40. The normalized spacial score (nSPS) is 14.5. The van der Waals surface area contributed by atoms with Crippen molar-refractivity contribution in [2.24, 2.45) is 5.73 Å². The molecule has 0 amide bonds. The van der Waals surface area contributed by atoms with Gasteiger partial charge in [0.2, 0.25) is 0 Å². The molecule has 0 spiro atoms. The van der Waals surface area contributed by atoms with E-state index in [0.717, 1.165) is 0 Å². The number of methoxy groups -OCH3 is 1. The molecule has 1 rings (SSSR count). The minimum Gasteiger partial charge on any atom is -0.382 e. The molecular weight excluding hydrogens is 299 g/mol. The van der Waals surface area contributed by atoms with Crippen LogP contribution in [0.15, 0.2) is 29.2 Å². The van der Waals surface area contributed by atoms with Gasteiger partial charge in [0.05, 0.1) is 6.61 Å². The zero-order valence-electron chi connectivity index (χ0n) is 9.56. The summed E-state index contributed by atoms with van der Waals surface area (Å²) in [6.07, 6.45) is 0. The summed E-state index contributed by atoms with van der Waals surface area (Å²) < 4.78 is 30.8. The number of sulfonamides is 1. The minimum atomic E-state index is -3.75. The monoisotopic (exact) mass is 311 g/mol. The van der Waals surface area contributed by atoms with Crippen LogP contribution in [-0.2, 0) is 14.8 Å². The van der Waals surface area contributed by atoms with Crippen molar-refractivity contribution in [2.75, 3.05) is 13.7 Å². The van der Waals surface area contributed by atoms with Gasteiger partial charge in [-0.25, -0.2) is 0 Å². The van der Waals surface area contributed by atoms with Crippen molar-refractivity contribution in [2.45, 2.75) is 10.3 Å². The van der Waals surface area contributed by atoms with Crippen molar-refractivity contribution in [3.63, 3.8) is 0 Å². The van der Waals surface area contributed by atoms with Crippen LogP contribution in [0.1, 0.15) is 0 Å². The highest BCUT2D eigenvalue weighted by Gasteiger charge is 2.21. The third-order valence-corrected chi connectivity index (χ3v) is 4.04. The van der Waals surface area contributed by atoms with Crippen LogP contribution in [0.2, 0.25) is 5.02 Å². The minimum absolute atomic E-state index is 0.0520. The van der Waals surface area contributed by atoms with E-state index in [1.165, 1.54) is 31.4 Å². The fourth-order valence-corrected chi connectivity index (χ4v) is 2.56. The summed E-state index contributed by atoms with van der Waals surface area (Å²) in [6.45, 7) is 0.108. The number of benzene rings is 1. The van der Waals surface area contributed by atoms with Gasteiger partial charge in [0.1, 0.15) is 4.90 Å². The maximum absolute atomic E-state index is 11.9. The summed E-state index contributed by atoms with van der Waals surface area (Å²) in [6, 6.07) is 5.69. The second-order valence-corrected chi connectivity index (χ2v) is 6.08. The number of rotatable bonds is 5. The van der Waals surface area contributed by atoms with Gasteiger partial charge in [0, 0.05) is 12.1 Å². The zero-order valence-corrected chi connectivity index (χ0v) is 11.9. The first kappa shape index (κ1) is 15.2. The lowest BCUT2D eigenvalue weighted by Gasteiger charge is -2.03. The molecule has 5 nitrogen and oxygen atoms in total. The summed E-state index contributed by atoms with van der Waals surface area (Å²) in [5, 5.41) is -0.294. The van der Waals surface area contributed by atoms with Crippen molar-refractivity contribution < 1.29 is 17.6 Å². The van der Waals surface area contributed by atoms with Crippen LogP contribution in [-0.4, -0.2) is 33.3 Å². The van der Waals surface area contributed by atoms with Crippen molar-refractivity contribution >= 4 is 39.1 Å². The molecule has 1 atom stereocenters. The molecule has 0 bridgehead atoms. The van der Waals surface area contributed by atoms with Crippen LogP contribution in [0.4, 0.5) is 0 Å². The first-order valence-electron chi connectivity index (χ1n) is 4.90. The SMILES string of the molecule is COC[C@H](Cl)C(N)=[NH+]S(=O)(=O)c1ccc(Cl)cc1. The summed E-state index contributed by atoms with van der Waals surface area (Å²) in [4.78, 5) is 0.0520. The summed E-state index contributed by atoms with van der Waals surface area (Å²) >= 11 is 11.5. The van der Waals surface area contributed by atoms with E-state index in [1.54, 1.807) is 0 Å². The molecule has 100 valence electrons. The molecular formula is C10H13Cl2N2O3S+. The smallest absolute Gasteiger partial charge is 0.328 e. The lowest BCUT2D eigenvalue weighted by molar-refractivity contribution is -0.270. The average molecular weight is 312 g/mol. The quantitative estimate of drug-likeness (QED) is 0.445. The lowest BCUT2D eigenvalue weighted by atomic mass is 10.4. The van der Waals surface area contributed by atoms with Crippen LogP contribution in [0.3, 0.4) is 0 Å². The van der Waals surface area contributed by atoms with E-state index < -0.39 is 15.4 Å². The summed E-state index contributed by atoms with van der Waals surface area (Å²) in [5.74, 6) is -0.0894. The van der Waals surface area contributed by atoms with E-state index in [1.807, 2.05) is 0 Å². The topological polar surface area (TPSA) is 83.4 Å². The van der Waals surface area contributed by atoms with Crippen LogP contribution in [0, 0.1) is 0 Å². The lowest BCUT2D eigenvalue weighted by Crippen LogP contribution is -2.80. The molecule has 8 heteroatoms. The molecule has 1 aromatic carbocycles. The fraction of sp³-hybridized carbons (Fsp3) is 0.300. The highest BCUT2D eigenvalue weighted by atomic mass is 35.5. The second-order valence-electron chi connectivity index (χ2n) is 3.44. The van der Waals surface area contributed by atoms with Gasteiger partial charge in [-0.05, 0) is 24.3 Å². The predicted molar refractivity (Wildman–Crippen MR) is 70.3 cm³/mol. The Morgan fingerprint density at radius 1 is 1.44 bits per heavy atom. The number of nitrogens with one attached hydrogen (secondary N) is 1. The zero-order chi connectivity index (χ0) is 13.8. The molecule has 0 fully saturated rings. The molecule has 0 radical (unpaired) electrons. The largest absolute Gasteiger partial charge is 0.382 e. The maximum Gasteiger partial charge on any atom is 0.328 e. The fourth-order valence-electron chi connectivity index (χ4n) is 1.13. The Morgan fingerprint density at radius 3 is 2.50 bits per heavy atom. The van der Waals surface area contributed by atoms with E-state index in [0.29, 0.717) is 5.02 Å². The number of halogens is 2. The molecule has 0 aliphatic rings. The first-order chi connectivity index (χ1) is 8.36. The van der Waals surface area contributed by atoms with Crippen LogP contribution >= 0.6 is 23.2 Å². The van der Waals surface area contributed by atoms with Gasteiger partial charge >= 0.3 is 10.0 Å². The van der Waals surface area contributed by atoms with Gasteiger partial charge in [-0.15, -0.1) is 11.6 Å². The molecule has 0 saturated heterocycles. The van der Waals surface area contributed by atoms with Crippen molar-refractivity contribution in [1.29, 1.82) is 0 Å². The average Bonchev–Trinajstić information content (AvgIpc) is 2.29. The molecule has 0 aliphatic heterocycles. The summed E-state index contributed by atoms with van der Waals surface area (Å²) in [5.41, 5.74) is 5.55. The molecule has 0 saturated carbocycles. The van der Waals surface area contributed by atoms with Gasteiger partial charge < -0.3 is 4.74 Å². The van der Waals surface area contributed by atoms with E-state index in [-0.39, 0.29) is 17.3 Å². The molecule has 0 unspecified atom stereocenters. The number of amidine groups is 1. The Hall–Kier alpha value is -0.820. The van der Waals surface area contributed by atoms with E-state index in [2.05, 4.69) is 4.40 Å². The van der Waals surface area contributed by atoms with Gasteiger partial charge in [-0.3, -0.25) is 5.73 Å². The van der Waals surface area contributed by atoms with Crippen LogP contribution in [0.25, 0.3) is 0 Å². The van der Waals surface area contributed by atoms with Crippen molar-refractivity contribution in [3.8, 4) is 0 Å². The predicted octanol–water partition coefficient (Wildman–Crippen LogP) is -0.280. The molecule has 18 heavy (non-hydrogen) atoms. The van der Waals surface area contributed by atoms with E-state index in [4.69, 9.17) is 33.7 Å². The van der Waals surface area contributed by atoms with Crippen molar-refractivity contribution in [1.82, 2.24) is 0 Å². The first-order valence-corrected chi connectivity index (χ1v) is 7.20. The number of alkyl halides is 1. The molecule has 1 aromatic rings. The second kappa shape index (κ2) is 6.38. The summed E-state index contributed by atoms with van der Waals surface area (Å²) in [7, 11) is -2.31. The standard InChI is InChI=1S/C10H12Cl2N2O3S/c1-17-6-9(12)10(13)14-18(15,16)8-4-2-7(11)3-5-8/h2-5,9H,6H2,1H3,(H2,13,14)/p+1/t9-/m0/s1. The van der Waals surface area contributed by atoms with Gasteiger partial charge in [0.15, 0.2) is 5.38 Å². The third-order valence-electron chi connectivity index (χ3n) is 2.03. The Morgan fingerprint density at radius 2 is 2.00 bits per heavy atom. The van der Waals surface area contributed by atoms with E-state index in [9.17, 15) is 8.42 Å². The van der Waals surface area contributed by atoms with Gasteiger partial charge in [0.25, 0.3) is 5.84 Å². The number of hydrogen-bond acceptors (Lipinski definition) is 3. The Bertz CT molecular complexity index is 529. The molecule has 0 aliphatic carbocycles. The van der Waals surface area contributed by atoms with Crippen molar-refractivity contribution in [3.05, 3.63) is 29.3 Å². The van der Waals surface area contributed by atoms with Crippen LogP contribution < -0.4 is 10.1 Å². The number of hydrogen-bond donors (Lipinski definition) is 2. The Labute approximate surface area is 116 Å². The molecule has 3 N–H and O–H groups in total. The van der Waals surface area contributed by atoms with E-state index >= 15 is 0 Å². The number of ether oxygens (including phenoxy) is 1. The highest BCUT2D eigenvalue weighted by molar-refractivity contribution is 7.84. The third kappa shape index (κ3) is 4.13. The number of nitrogens with two attached hydrogens (primary N) is 1. The van der Waals surface area contributed by atoms with Crippen LogP contribution in [0.5, 0.6) is 0 Å². The highest BCUT2D eigenvalue weighted by Crippen LogP contribution is 2.11. The molecule has 0 aromatic heterocycles. The Balaban J connectivity index is 3.01. The maximum atomic E-state index is 11.9. The molecule has 0 heterocycles. The van der Waals surface area contributed by atoms with Gasteiger partial charge in [-0.1, -0.05) is 11.6 Å². The van der Waals surface area contributed by atoms with Gasteiger partial charge in [-0.2, -0.15) is 12.8 Å².